The van der Waals surface area contributed by atoms with Gasteiger partial charge in [-0.05, 0) is 42.7 Å². The van der Waals surface area contributed by atoms with E-state index < -0.39 is 23.3 Å². The zero-order chi connectivity index (χ0) is 28.6. The zero-order valence-corrected chi connectivity index (χ0v) is 22.7. The lowest BCUT2D eigenvalue weighted by molar-refractivity contribution is 0.140. The third-order valence-corrected chi connectivity index (χ3v) is 7.40. The van der Waals surface area contributed by atoms with E-state index in [1.165, 1.54) is 37.1 Å². The number of aliphatic hydroxyl groups is 1. The number of allylic oxidation sites excluding steroid dienone is 1. The molecule has 208 valence electrons. The molecular weight excluding hydrogens is 542 g/mol. The predicted octanol–water partition coefficient (Wildman–Crippen LogP) is 3.55. The van der Waals surface area contributed by atoms with Crippen LogP contribution in [0, 0.1) is 11.6 Å². The molecule has 2 aliphatic rings. The molecule has 3 heterocycles. The van der Waals surface area contributed by atoms with Gasteiger partial charge in [-0.15, -0.1) is 0 Å². The van der Waals surface area contributed by atoms with E-state index in [-0.39, 0.29) is 39.9 Å². The summed E-state index contributed by atoms with van der Waals surface area (Å²) >= 11 is 6.00. The molecule has 40 heavy (non-hydrogen) atoms. The van der Waals surface area contributed by atoms with Crippen LogP contribution in [0.2, 0.25) is 5.15 Å². The first-order valence-electron chi connectivity index (χ1n) is 12.6. The Kier molecular flexibility index (Phi) is 7.73. The number of halogens is 3. The second-order valence-corrected chi connectivity index (χ2v) is 9.89. The summed E-state index contributed by atoms with van der Waals surface area (Å²) in [6.07, 6.45) is 5.51. The van der Waals surface area contributed by atoms with Crippen LogP contribution in [-0.4, -0.2) is 58.0 Å². The zero-order valence-electron chi connectivity index (χ0n) is 21.9. The highest BCUT2D eigenvalue weighted by molar-refractivity contribution is 6.29. The molecule has 0 amide bonds. The maximum atomic E-state index is 14.5. The number of ether oxygens (including phenoxy) is 2. The van der Waals surface area contributed by atoms with E-state index in [1.807, 2.05) is 6.08 Å². The minimum Gasteiger partial charge on any atom is -0.495 e. The molecular formula is C29H27ClF2N4O4. The number of likely N-dealkylation sites (tertiary alicyclic amines) is 1. The number of hydrogen-bond donors (Lipinski definition) is 1. The average Bonchev–Trinajstić information content (AvgIpc) is 3.43. The molecule has 8 nitrogen and oxygen atoms in total. The van der Waals surface area contributed by atoms with Gasteiger partial charge in [0.05, 0.1) is 18.2 Å². The van der Waals surface area contributed by atoms with Crippen molar-refractivity contribution in [3.63, 3.8) is 0 Å². The van der Waals surface area contributed by atoms with E-state index in [4.69, 9.17) is 21.1 Å². The Bertz CT molecular complexity index is 1690. The van der Waals surface area contributed by atoms with Crippen LogP contribution in [0.5, 0.6) is 0 Å². The molecule has 1 aromatic carbocycles. The Labute approximate surface area is 233 Å². The SMILES string of the molecule is C=c1nc(-c2ccc(Cl)nc2)n(C2=C(OC)C=CCC2OC)c(=O)c1=C(O)N1CCC(c2ccc(F)cc2F)C1. The Morgan fingerprint density at radius 1 is 1.23 bits per heavy atom. The van der Waals surface area contributed by atoms with E-state index in [9.17, 15) is 18.7 Å². The minimum absolute atomic E-state index is 0.0417. The van der Waals surface area contributed by atoms with Crippen LogP contribution < -0.4 is 16.1 Å². The van der Waals surface area contributed by atoms with Gasteiger partial charge in [-0.1, -0.05) is 30.3 Å². The van der Waals surface area contributed by atoms with Crippen molar-refractivity contribution in [2.45, 2.75) is 24.9 Å². The van der Waals surface area contributed by atoms with E-state index >= 15 is 0 Å². The van der Waals surface area contributed by atoms with Gasteiger partial charge in [0, 0.05) is 43.9 Å². The molecule has 3 aromatic rings. The highest BCUT2D eigenvalue weighted by atomic mass is 35.5. The average molecular weight is 569 g/mol. The molecule has 1 fully saturated rings. The molecule has 1 N–H and O–H groups in total. The molecule has 2 aromatic heterocycles. The second-order valence-electron chi connectivity index (χ2n) is 9.50. The first-order chi connectivity index (χ1) is 19.2. The summed E-state index contributed by atoms with van der Waals surface area (Å²) in [5, 5.41) is 11.6. The highest BCUT2D eigenvalue weighted by Gasteiger charge is 2.31. The maximum absolute atomic E-state index is 14.5. The lowest BCUT2D eigenvalue weighted by Gasteiger charge is -2.26. The Morgan fingerprint density at radius 3 is 2.70 bits per heavy atom. The molecule has 1 aliphatic carbocycles. The van der Waals surface area contributed by atoms with Crippen LogP contribution in [-0.2, 0) is 9.47 Å². The van der Waals surface area contributed by atoms with Crippen molar-refractivity contribution in [3.8, 4) is 11.4 Å². The minimum atomic E-state index is -0.661. The van der Waals surface area contributed by atoms with Gasteiger partial charge in [-0.2, -0.15) is 0 Å². The van der Waals surface area contributed by atoms with Crippen LogP contribution in [0.1, 0.15) is 24.3 Å². The normalized spacial score (nSPS) is 19.8. The molecule has 0 spiro atoms. The van der Waals surface area contributed by atoms with Gasteiger partial charge in [0.1, 0.15) is 39.7 Å². The number of rotatable bonds is 6. The quantitative estimate of drug-likeness (QED) is 0.455. The van der Waals surface area contributed by atoms with Crippen LogP contribution in [0.3, 0.4) is 0 Å². The van der Waals surface area contributed by atoms with Gasteiger partial charge in [0.15, 0.2) is 0 Å². The van der Waals surface area contributed by atoms with Crippen LogP contribution in [0.4, 0.5) is 8.78 Å². The van der Waals surface area contributed by atoms with Crippen molar-refractivity contribution in [3.05, 3.63) is 97.7 Å². The van der Waals surface area contributed by atoms with Crippen molar-refractivity contribution in [2.75, 3.05) is 27.3 Å². The molecule has 0 bridgehead atoms. The molecule has 1 aliphatic heterocycles. The van der Waals surface area contributed by atoms with Crippen LogP contribution in [0.15, 0.2) is 59.2 Å². The van der Waals surface area contributed by atoms with Gasteiger partial charge in [0.25, 0.3) is 5.56 Å². The number of hydrogen-bond acceptors (Lipinski definition) is 7. The molecule has 1 saturated heterocycles. The number of aliphatic hydroxyl groups excluding tert-OH is 1. The monoisotopic (exact) mass is 568 g/mol. The van der Waals surface area contributed by atoms with Crippen molar-refractivity contribution >= 4 is 29.8 Å². The number of nitrogens with zero attached hydrogens (tertiary/aromatic N) is 4. The summed E-state index contributed by atoms with van der Waals surface area (Å²) in [7, 11) is 3.01. The van der Waals surface area contributed by atoms with Crippen LogP contribution >= 0.6 is 11.6 Å². The van der Waals surface area contributed by atoms with Crippen LogP contribution in [0.25, 0.3) is 29.5 Å². The van der Waals surface area contributed by atoms with Gasteiger partial charge in [-0.25, -0.2) is 18.7 Å². The molecule has 11 heteroatoms. The summed E-state index contributed by atoms with van der Waals surface area (Å²) in [6.45, 7) is 4.52. The van der Waals surface area contributed by atoms with Crippen molar-refractivity contribution in [2.24, 2.45) is 0 Å². The first kappa shape index (κ1) is 27.5. The van der Waals surface area contributed by atoms with Gasteiger partial charge >= 0.3 is 0 Å². The third-order valence-electron chi connectivity index (χ3n) is 7.18. The fourth-order valence-corrected chi connectivity index (χ4v) is 5.31. The molecule has 2 atom stereocenters. The highest BCUT2D eigenvalue weighted by Crippen LogP contribution is 2.31. The van der Waals surface area contributed by atoms with Gasteiger partial charge in [-0.3, -0.25) is 9.36 Å². The van der Waals surface area contributed by atoms with E-state index in [1.54, 1.807) is 23.1 Å². The van der Waals surface area contributed by atoms with E-state index in [0.717, 1.165) is 6.07 Å². The van der Waals surface area contributed by atoms with E-state index in [0.29, 0.717) is 42.0 Å². The number of pyridine rings is 1. The summed E-state index contributed by atoms with van der Waals surface area (Å²) in [5.74, 6) is -1.35. The summed E-state index contributed by atoms with van der Waals surface area (Å²) in [4.78, 5) is 24.6. The fraction of sp³-hybridized carbons (Fsp3) is 0.276. The van der Waals surface area contributed by atoms with Crippen molar-refractivity contribution in [1.29, 1.82) is 0 Å². The smallest absolute Gasteiger partial charge is 0.271 e. The van der Waals surface area contributed by atoms with Crippen molar-refractivity contribution < 1.29 is 23.4 Å². The first-order valence-corrected chi connectivity index (χ1v) is 13.0. The summed E-state index contributed by atoms with van der Waals surface area (Å²) in [5.41, 5.74) is 0.634. The van der Waals surface area contributed by atoms with Crippen molar-refractivity contribution in [1.82, 2.24) is 19.4 Å². The largest absolute Gasteiger partial charge is 0.495 e. The van der Waals surface area contributed by atoms with Gasteiger partial charge in [0.2, 0.25) is 5.88 Å². The summed E-state index contributed by atoms with van der Waals surface area (Å²) < 4.78 is 40.5. The second kappa shape index (κ2) is 11.2. The number of aromatic nitrogens is 3. The number of benzene rings is 1. The Balaban J connectivity index is 1.71. The lowest BCUT2D eigenvalue weighted by Crippen LogP contribution is -2.51. The molecule has 0 saturated carbocycles. The summed E-state index contributed by atoms with van der Waals surface area (Å²) in [6, 6.07) is 6.71. The molecule has 0 radical (unpaired) electrons. The molecule has 5 rings (SSSR count). The number of methoxy groups -OCH3 is 2. The topological polar surface area (TPSA) is 89.7 Å². The third kappa shape index (κ3) is 5.00. The lowest BCUT2D eigenvalue weighted by atomic mass is 9.98. The van der Waals surface area contributed by atoms with Gasteiger partial charge < -0.3 is 19.5 Å². The van der Waals surface area contributed by atoms with E-state index in [2.05, 4.69) is 16.5 Å². The Morgan fingerprint density at radius 2 is 2.02 bits per heavy atom. The maximum Gasteiger partial charge on any atom is 0.271 e. The Hall–Kier alpha value is -4.02. The fourth-order valence-electron chi connectivity index (χ4n) is 5.20. The standard InChI is InChI=1S/C29H27ClF2N4O4/c1-16-25(28(37)35-12-11-18(15-35)20-9-8-19(31)13-21(20)32)29(38)36(26-22(39-2)5-4-6-23(26)40-3)27(34-16)17-7-10-24(30)33-14-17/h4-5,7-10,13-14,18,23,37H,1,6,11-12,15H2,2-3H3. The molecule has 2 unspecified atom stereocenters. The predicted molar refractivity (Wildman–Crippen MR) is 148 cm³/mol.